The van der Waals surface area contributed by atoms with Gasteiger partial charge in [0, 0.05) is 25.4 Å². The first-order valence-corrected chi connectivity index (χ1v) is 17.7. The Balaban J connectivity index is 1.27. The molecule has 0 saturated carbocycles. The fraction of sp³-hybridized carbons (Fsp3) is 0.225. The Morgan fingerprint density at radius 1 is 0.830 bits per heavy atom. The van der Waals surface area contributed by atoms with Gasteiger partial charge in [-0.1, -0.05) is 103 Å². The number of benzene rings is 4. The van der Waals surface area contributed by atoms with Crippen LogP contribution in [0.2, 0.25) is 0 Å². The number of aliphatic carboxylic acids is 1. The minimum atomic E-state index is -1.52. The largest absolute Gasteiger partial charge is 0.489 e. The fourth-order valence-corrected chi connectivity index (χ4v) is 7.49. The molecule has 0 bridgehead atoms. The number of amides is 2. The van der Waals surface area contributed by atoms with Gasteiger partial charge < -0.3 is 29.4 Å². The zero-order valence-corrected chi connectivity index (χ0v) is 29.6. The van der Waals surface area contributed by atoms with Gasteiger partial charge in [-0.05, 0) is 34.4 Å². The number of ether oxygens (including phenoxy) is 4. The lowest BCUT2D eigenvalue weighted by atomic mass is 9.95. The summed E-state index contributed by atoms with van der Waals surface area (Å²) >= 11 is 1.16. The number of carbonyl (C=O) groups excluding carboxylic acids is 4. The molecular weight excluding hydrogens is 701 g/mol. The molecule has 0 aromatic heterocycles. The van der Waals surface area contributed by atoms with Gasteiger partial charge in [0.15, 0.2) is 12.0 Å². The zero-order chi connectivity index (χ0) is 37.5. The Labute approximate surface area is 309 Å². The quantitative estimate of drug-likeness (QED) is 0.0781. The van der Waals surface area contributed by atoms with Gasteiger partial charge >= 0.3 is 17.9 Å². The van der Waals surface area contributed by atoms with Gasteiger partial charge in [-0.15, -0.1) is 11.8 Å². The molecule has 2 N–H and O–H groups in total. The van der Waals surface area contributed by atoms with Crippen LogP contribution in [0, 0.1) is 0 Å². The van der Waals surface area contributed by atoms with E-state index in [0.29, 0.717) is 23.5 Å². The van der Waals surface area contributed by atoms with E-state index < -0.39 is 65.1 Å². The maximum atomic E-state index is 14.2. The van der Waals surface area contributed by atoms with Crippen LogP contribution in [0.5, 0.6) is 5.75 Å². The number of rotatable bonds is 14. The Bertz CT molecular complexity index is 1950. The second kappa shape index (κ2) is 16.6. The van der Waals surface area contributed by atoms with E-state index in [1.807, 2.05) is 91.0 Å². The average Bonchev–Trinajstić information content (AvgIpc) is 3.18. The molecule has 4 aromatic rings. The van der Waals surface area contributed by atoms with Gasteiger partial charge in [-0.25, -0.2) is 4.79 Å². The number of β-lactam (4-membered cyclic amide) rings is 1. The lowest BCUT2D eigenvalue weighted by molar-refractivity contribution is -0.165. The maximum absolute atomic E-state index is 14.2. The fourth-order valence-electron chi connectivity index (χ4n) is 6.13. The number of carbonyl (C=O) groups is 5. The summed E-state index contributed by atoms with van der Waals surface area (Å²) in [6.45, 7) is 1.46. The molecule has 2 aliphatic heterocycles. The van der Waals surface area contributed by atoms with E-state index in [2.05, 4.69) is 5.32 Å². The second-order valence-electron chi connectivity index (χ2n) is 12.2. The number of esters is 2. The van der Waals surface area contributed by atoms with Gasteiger partial charge in [0.2, 0.25) is 12.2 Å². The number of hydrogen-bond acceptors (Lipinski definition) is 10. The van der Waals surface area contributed by atoms with Crippen LogP contribution in [-0.4, -0.2) is 70.3 Å². The number of nitrogens with zero attached hydrogens (tertiary/aromatic N) is 1. The molecule has 1 saturated heterocycles. The highest BCUT2D eigenvalue weighted by Crippen LogP contribution is 2.42. The van der Waals surface area contributed by atoms with Crippen LogP contribution in [-0.2, 0) is 44.8 Å². The molecule has 6 rings (SSSR count). The van der Waals surface area contributed by atoms with E-state index in [1.54, 1.807) is 24.3 Å². The van der Waals surface area contributed by atoms with Crippen molar-refractivity contribution < 1.29 is 48.0 Å². The van der Waals surface area contributed by atoms with Crippen molar-refractivity contribution in [1.29, 1.82) is 0 Å². The number of carboxylic acid groups (broad SMARTS) is 1. The third-order valence-corrected chi connectivity index (χ3v) is 9.97. The summed E-state index contributed by atoms with van der Waals surface area (Å²) < 4.78 is 22.4. The van der Waals surface area contributed by atoms with Gasteiger partial charge in [-0.3, -0.25) is 24.1 Å². The standard InChI is InChI=1S/C40H36N2O10S/c1-24(43)51-40(49-2)30-23-53-37-32(36(45)42(37)33(30)38(46)47)41-35(44)31(26-18-20-29(21-19-26)50-22-25-12-6-3-7-13-25)39(48)52-34(27-14-8-4-9-15-27)28-16-10-5-11-17-28/h3-21,31-32,34,37,40H,22-23H2,1-2H3,(H,41,44)(H,46,47)/t31?,32-,37+,40?/m0/s1. The number of nitrogens with one attached hydrogen (secondary N) is 1. The van der Waals surface area contributed by atoms with Crippen LogP contribution in [0.25, 0.3) is 0 Å². The van der Waals surface area contributed by atoms with Crippen molar-refractivity contribution in [2.45, 2.75) is 43.3 Å². The molecule has 0 radical (unpaired) electrons. The molecule has 4 atom stereocenters. The first kappa shape index (κ1) is 36.9. The highest BCUT2D eigenvalue weighted by atomic mass is 32.2. The predicted molar refractivity (Wildman–Crippen MR) is 193 cm³/mol. The first-order valence-electron chi connectivity index (χ1n) is 16.6. The highest BCUT2D eigenvalue weighted by molar-refractivity contribution is 8.00. The average molecular weight is 737 g/mol. The molecule has 272 valence electrons. The maximum Gasteiger partial charge on any atom is 0.352 e. The molecule has 4 aromatic carbocycles. The summed E-state index contributed by atoms with van der Waals surface area (Å²) in [5.41, 5.74) is 2.31. The Morgan fingerprint density at radius 2 is 1.42 bits per heavy atom. The smallest absolute Gasteiger partial charge is 0.352 e. The summed E-state index contributed by atoms with van der Waals surface area (Å²) in [7, 11) is 1.25. The summed E-state index contributed by atoms with van der Waals surface area (Å²) in [4.78, 5) is 67.0. The lowest BCUT2D eigenvalue weighted by Crippen LogP contribution is -2.71. The third kappa shape index (κ3) is 8.27. The Kier molecular flexibility index (Phi) is 11.6. The molecule has 2 heterocycles. The normalized spacial score (nSPS) is 17.6. The molecule has 12 nitrogen and oxygen atoms in total. The lowest BCUT2D eigenvalue weighted by Gasteiger charge is -2.50. The van der Waals surface area contributed by atoms with E-state index in [4.69, 9.17) is 18.9 Å². The Morgan fingerprint density at radius 3 is 1.96 bits per heavy atom. The minimum Gasteiger partial charge on any atom is -0.489 e. The molecule has 2 amide bonds. The number of methoxy groups -OCH3 is 1. The molecule has 0 spiro atoms. The molecule has 2 aliphatic rings. The monoisotopic (exact) mass is 736 g/mol. The van der Waals surface area contributed by atoms with E-state index >= 15 is 0 Å². The van der Waals surface area contributed by atoms with Gasteiger partial charge in [0.25, 0.3) is 5.91 Å². The van der Waals surface area contributed by atoms with Crippen molar-refractivity contribution in [2.24, 2.45) is 0 Å². The van der Waals surface area contributed by atoms with E-state index in [1.165, 1.54) is 7.11 Å². The van der Waals surface area contributed by atoms with Crippen molar-refractivity contribution in [3.63, 3.8) is 0 Å². The van der Waals surface area contributed by atoms with Crippen LogP contribution in [0.15, 0.2) is 127 Å². The number of thioether (sulfide) groups is 1. The second-order valence-corrected chi connectivity index (χ2v) is 13.3. The van der Waals surface area contributed by atoms with Crippen LogP contribution in [0.4, 0.5) is 0 Å². The molecule has 0 aliphatic carbocycles. The molecule has 53 heavy (non-hydrogen) atoms. The van der Waals surface area contributed by atoms with Crippen molar-refractivity contribution >= 4 is 41.5 Å². The Hall–Kier alpha value is -5.92. The SMILES string of the molecule is COC(OC(C)=O)C1=C(C(=O)O)N2C(=O)[C@H](NC(=O)C(C(=O)OC(c3ccccc3)c3ccccc3)c3ccc(OCc4ccccc4)cc3)[C@H]2SC1. The van der Waals surface area contributed by atoms with Crippen LogP contribution in [0.3, 0.4) is 0 Å². The van der Waals surface area contributed by atoms with Gasteiger partial charge in [0.1, 0.15) is 29.5 Å². The van der Waals surface area contributed by atoms with Crippen LogP contribution in [0.1, 0.15) is 41.2 Å². The first-order chi connectivity index (χ1) is 25.7. The summed E-state index contributed by atoms with van der Waals surface area (Å²) in [6.07, 6.45) is -2.18. The van der Waals surface area contributed by atoms with Crippen molar-refractivity contribution in [2.75, 3.05) is 12.9 Å². The number of hydrogen-bond donors (Lipinski definition) is 2. The highest BCUT2D eigenvalue weighted by Gasteiger charge is 2.56. The van der Waals surface area contributed by atoms with E-state index in [9.17, 15) is 29.1 Å². The van der Waals surface area contributed by atoms with Crippen LogP contribution < -0.4 is 10.1 Å². The molecule has 1 fully saturated rings. The van der Waals surface area contributed by atoms with Crippen molar-refractivity contribution in [1.82, 2.24) is 10.2 Å². The minimum absolute atomic E-state index is 0.0278. The number of carboxylic acids is 1. The van der Waals surface area contributed by atoms with Gasteiger partial charge in [-0.2, -0.15) is 0 Å². The topological polar surface area (TPSA) is 158 Å². The molecule has 2 unspecified atom stereocenters. The van der Waals surface area contributed by atoms with Gasteiger partial charge in [0.05, 0.1) is 0 Å². The summed E-state index contributed by atoms with van der Waals surface area (Å²) in [5, 5.41) is 12.0. The molecule has 13 heteroatoms. The van der Waals surface area contributed by atoms with E-state index in [-0.39, 0.29) is 16.9 Å². The van der Waals surface area contributed by atoms with Crippen molar-refractivity contribution in [3.05, 3.63) is 149 Å². The third-order valence-electron chi connectivity index (χ3n) is 8.67. The molecular formula is C40H36N2O10S. The predicted octanol–water partition coefficient (Wildman–Crippen LogP) is 4.96. The number of fused-ring (bicyclic) bond motifs is 1. The summed E-state index contributed by atoms with van der Waals surface area (Å²) in [6, 6.07) is 33.1. The summed E-state index contributed by atoms with van der Waals surface area (Å²) in [5.74, 6) is -5.50. The zero-order valence-electron chi connectivity index (χ0n) is 28.7. The van der Waals surface area contributed by atoms with Crippen molar-refractivity contribution in [3.8, 4) is 5.75 Å². The van der Waals surface area contributed by atoms with Crippen LogP contribution >= 0.6 is 11.8 Å². The van der Waals surface area contributed by atoms with E-state index in [0.717, 1.165) is 29.1 Å².